The second kappa shape index (κ2) is 6.41. The van der Waals surface area contributed by atoms with E-state index in [0.29, 0.717) is 17.1 Å². The summed E-state index contributed by atoms with van der Waals surface area (Å²) in [6.45, 7) is 0.190. The average molecular weight is 319 g/mol. The van der Waals surface area contributed by atoms with Crippen LogP contribution < -0.4 is 0 Å². The van der Waals surface area contributed by atoms with Gasteiger partial charge in [0.25, 0.3) is 5.91 Å². The van der Waals surface area contributed by atoms with Crippen LogP contribution in [0.2, 0.25) is 0 Å². The Hall–Kier alpha value is -1.66. The quantitative estimate of drug-likeness (QED) is 0.800. The molecular weight excluding hydrogens is 306 g/mol. The molecule has 1 aromatic carbocycles. The highest BCUT2D eigenvalue weighted by Gasteiger charge is 2.28. The maximum atomic E-state index is 12.1. The third-order valence-corrected chi connectivity index (χ3v) is 5.10. The molecule has 2 heterocycles. The number of aliphatic imine (C=N–C) groups is 1. The van der Waals surface area contributed by atoms with Crippen LogP contribution in [0.1, 0.15) is 5.56 Å². The van der Waals surface area contributed by atoms with Crippen molar-refractivity contribution in [2.45, 2.75) is 6.42 Å². The normalized spacial score (nSPS) is 19.8. The third-order valence-electron chi connectivity index (χ3n) is 3.02. The van der Waals surface area contributed by atoms with E-state index in [9.17, 15) is 4.79 Å². The van der Waals surface area contributed by atoms with E-state index >= 15 is 0 Å². The van der Waals surface area contributed by atoms with E-state index < -0.39 is 0 Å². The van der Waals surface area contributed by atoms with Gasteiger partial charge in [-0.1, -0.05) is 42.1 Å². The van der Waals surface area contributed by atoms with Crippen LogP contribution in [-0.2, 0) is 20.7 Å². The van der Waals surface area contributed by atoms with Crippen LogP contribution in [0.5, 0.6) is 0 Å². The van der Waals surface area contributed by atoms with Crippen molar-refractivity contribution in [3.63, 3.8) is 0 Å². The SMILES string of the molecule is CSC1=NC(=O)C(=C(Cc2ccccc2)C2=COCO2)S1. The van der Waals surface area contributed by atoms with E-state index in [4.69, 9.17) is 9.47 Å². The highest BCUT2D eigenvalue weighted by atomic mass is 32.2. The molecule has 0 N–H and O–H groups in total. The number of allylic oxidation sites excluding steroid dienone is 1. The molecule has 0 aromatic heterocycles. The number of benzene rings is 1. The Morgan fingerprint density at radius 1 is 1.38 bits per heavy atom. The van der Waals surface area contributed by atoms with E-state index in [1.807, 2.05) is 36.6 Å². The third kappa shape index (κ3) is 3.16. The number of nitrogens with zero attached hydrogens (tertiary/aromatic N) is 1. The number of amides is 1. The van der Waals surface area contributed by atoms with Crippen molar-refractivity contribution in [2.75, 3.05) is 13.0 Å². The first-order chi connectivity index (χ1) is 10.3. The summed E-state index contributed by atoms with van der Waals surface area (Å²) in [5.74, 6) is 0.416. The van der Waals surface area contributed by atoms with Crippen LogP contribution in [0.4, 0.5) is 0 Å². The molecule has 0 saturated heterocycles. The van der Waals surface area contributed by atoms with Gasteiger partial charge < -0.3 is 9.47 Å². The van der Waals surface area contributed by atoms with E-state index in [1.165, 1.54) is 23.5 Å². The number of carbonyl (C=O) groups excluding carboxylic acids is 1. The lowest BCUT2D eigenvalue weighted by molar-refractivity contribution is -0.113. The van der Waals surface area contributed by atoms with Gasteiger partial charge in [-0.25, -0.2) is 0 Å². The minimum absolute atomic E-state index is 0.190. The van der Waals surface area contributed by atoms with Gasteiger partial charge in [0.15, 0.2) is 5.76 Å². The molecule has 0 bridgehead atoms. The largest absolute Gasteiger partial charge is 0.461 e. The molecule has 0 aliphatic carbocycles. The number of rotatable bonds is 3. The lowest BCUT2D eigenvalue weighted by Crippen LogP contribution is -2.03. The first-order valence-corrected chi connectivity index (χ1v) is 8.39. The zero-order valence-corrected chi connectivity index (χ0v) is 13.0. The number of hydrogen-bond acceptors (Lipinski definition) is 5. The Kier molecular flexibility index (Phi) is 4.36. The zero-order valence-electron chi connectivity index (χ0n) is 11.4. The summed E-state index contributed by atoms with van der Waals surface area (Å²) in [7, 11) is 0. The summed E-state index contributed by atoms with van der Waals surface area (Å²) < 4.78 is 11.4. The van der Waals surface area contributed by atoms with Crippen molar-refractivity contribution < 1.29 is 14.3 Å². The monoisotopic (exact) mass is 319 g/mol. The average Bonchev–Trinajstić information content (AvgIpc) is 3.15. The molecule has 1 amide bonds. The molecule has 108 valence electrons. The van der Waals surface area contributed by atoms with Crippen LogP contribution in [0, 0.1) is 0 Å². The molecule has 6 heteroatoms. The fourth-order valence-corrected chi connectivity index (χ4v) is 3.53. The number of ether oxygens (including phenoxy) is 2. The van der Waals surface area contributed by atoms with E-state index in [-0.39, 0.29) is 12.7 Å². The van der Waals surface area contributed by atoms with Crippen molar-refractivity contribution in [3.8, 4) is 0 Å². The highest BCUT2D eigenvalue weighted by Crippen LogP contribution is 2.37. The first-order valence-electron chi connectivity index (χ1n) is 6.35. The molecule has 4 nitrogen and oxygen atoms in total. The number of hydrogen-bond donors (Lipinski definition) is 0. The van der Waals surface area contributed by atoms with Gasteiger partial charge in [-0.3, -0.25) is 4.79 Å². The van der Waals surface area contributed by atoms with Crippen LogP contribution in [0.25, 0.3) is 0 Å². The predicted molar refractivity (Wildman–Crippen MR) is 85.8 cm³/mol. The zero-order chi connectivity index (χ0) is 14.7. The van der Waals surface area contributed by atoms with Crippen molar-refractivity contribution in [1.29, 1.82) is 0 Å². The predicted octanol–water partition coefficient (Wildman–Crippen LogP) is 3.32. The van der Waals surface area contributed by atoms with Gasteiger partial charge in [-0.15, -0.1) is 11.8 Å². The van der Waals surface area contributed by atoms with Gasteiger partial charge in [0.2, 0.25) is 6.79 Å². The Labute approximate surface area is 131 Å². The molecule has 3 rings (SSSR count). The fourth-order valence-electron chi connectivity index (χ4n) is 2.04. The maximum absolute atomic E-state index is 12.1. The maximum Gasteiger partial charge on any atom is 0.285 e. The van der Waals surface area contributed by atoms with Gasteiger partial charge >= 0.3 is 0 Å². The van der Waals surface area contributed by atoms with Crippen molar-refractivity contribution in [2.24, 2.45) is 4.99 Å². The van der Waals surface area contributed by atoms with Crippen LogP contribution in [0.15, 0.2) is 57.8 Å². The Morgan fingerprint density at radius 3 is 2.81 bits per heavy atom. The molecule has 2 aliphatic rings. The lowest BCUT2D eigenvalue weighted by Gasteiger charge is -2.10. The Balaban J connectivity index is 1.96. The topological polar surface area (TPSA) is 47.9 Å². The summed E-state index contributed by atoms with van der Waals surface area (Å²) in [4.78, 5) is 16.8. The summed E-state index contributed by atoms with van der Waals surface area (Å²) in [6.07, 6.45) is 4.09. The molecule has 1 aromatic rings. The molecule has 21 heavy (non-hydrogen) atoms. The summed E-state index contributed by atoms with van der Waals surface area (Å²) >= 11 is 2.87. The molecule has 0 saturated carbocycles. The molecule has 0 radical (unpaired) electrons. The standard InChI is InChI=1S/C15H13NO3S2/c1-20-15-16-14(17)13(21-15)11(12-8-18-9-19-12)7-10-5-3-2-4-6-10/h2-6,8H,7,9H2,1H3. The van der Waals surface area contributed by atoms with Crippen LogP contribution in [0.3, 0.4) is 0 Å². The molecule has 0 atom stereocenters. The second-order valence-electron chi connectivity index (χ2n) is 4.37. The molecular formula is C15H13NO3S2. The minimum Gasteiger partial charge on any atom is -0.461 e. The van der Waals surface area contributed by atoms with E-state index in [0.717, 1.165) is 15.5 Å². The van der Waals surface area contributed by atoms with E-state index in [2.05, 4.69) is 4.99 Å². The van der Waals surface area contributed by atoms with Crippen molar-refractivity contribution in [1.82, 2.24) is 0 Å². The molecule has 0 spiro atoms. The summed E-state index contributed by atoms with van der Waals surface area (Å²) in [6, 6.07) is 9.97. The molecule has 2 aliphatic heterocycles. The fraction of sp³-hybridized carbons (Fsp3) is 0.200. The lowest BCUT2D eigenvalue weighted by atomic mass is 10.0. The van der Waals surface area contributed by atoms with Crippen LogP contribution >= 0.6 is 23.5 Å². The van der Waals surface area contributed by atoms with E-state index in [1.54, 1.807) is 6.26 Å². The first kappa shape index (κ1) is 14.3. The minimum atomic E-state index is -0.202. The van der Waals surface area contributed by atoms with Gasteiger partial charge in [0.05, 0.1) is 4.91 Å². The Bertz CT molecular complexity index is 650. The van der Waals surface area contributed by atoms with Gasteiger partial charge in [-0.2, -0.15) is 4.99 Å². The van der Waals surface area contributed by atoms with Crippen LogP contribution in [-0.4, -0.2) is 23.3 Å². The number of carbonyl (C=O) groups is 1. The Morgan fingerprint density at radius 2 is 2.19 bits per heavy atom. The van der Waals surface area contributed by atoms with Crippen molar-refractivity contribution in [3.05, 3.63) is 58.4 Å². The number of thioether (sulfide) groups is 2. The van der Waals surface area contributed by atoms with Gasteiger partial charge in [0, 0.05) is 12.0 Å². The summed E-state index contributed by atoms with van der Waals surface area (Å²) in [5, 5.41) is 0. The van der Waals surface area contributed by atoms with Gasteiger partial charge in [-0.05, 0) is 11.8 Å². The molecule has 0 unspecified atom stereocenters. The van der Waals surface area contributed by atoms with Gasteiger partial charge in [0.1, 0.15) is 10.6 Å². The van der Waals surface area contributed by atoms with Crippen molar-refractivity contribution >= 4 is 33.8 Å². The smallest absolute Gasteiger partial charge is 0.285 e. The summed E-state index contributed by atoms with van der Waals surface area (Å²) in [5.41, 5.74) is 1.95. The highest BCUT2D eigenvalue weighted by molar-refractivity contribution is 8.40. The second-order valence-corrected chi connectivity index (χ2v) is 6.42. The molecule has 0 fully saturated rings.